The summed E-state index contributed by atoms with van der Waals surface area (Å²) in [5.74, 6) is 0.478. The predicted molar refractivity (Wildman–Crippen MR) is 137 cm³/mol. The van der Waals surface area contributed by atoms with Crippen molar-refractivity contribution in [2.45, 2.75) is 50.2 Å². The number of quaternary nitrogens is 1. The third-order valence-corrected chi connectivity index (χ3v) is 7.52. The number of hydrogen-bond donors (Lipinski definition) is 1. The Morgan fingerprint density at radius 1 is 1.02 bits per heavy atom. The van der Waals surface area contributed by atoms with Crippen molar-refractivity contribution in [2.75, 3.05) is 37.7 Å². The number of aromatic nitrogens is 1. The van der Waals surface area contributed by atoms with Gasteiger partial charge < -0.3 is 19.9 Å². The summed E-state index contributed by atoms with van der Waals surface area (Å²) in [7, 11) is 0. The van der Waals surface area contributed by atoms with Gasteiger partial charge in [-0.1, -0.05) is 12.2 Å². The Morgan fingerprint density at radius 2 is 1.70 bits per heavy atom. The van der Waals surface area contributed by atoms with Gasteiger partial charge in [-0.3, -0.25) is 10.1 Å². The summed E-state index contributed by atoms with van der Waals surface area (Å²) in [6, 6.07) is 5.47. The zero-order chi connectivity index (χ0) is 29.1. The van der Waals surface area contributed by atoms with Crippen LogP contribution in [0.2, 0.25) is 0 Å². The Morgan fingerprint density at radius 3 is 2.25 bits per heavy atom. The van der Waals surface area contributed by atoms with Gasteiger partial charge in [-0.25, -0.2) is 4.98 Å². The normalized spacial score (nSPS) is 20.4. The van der Waals surface area contributed by atoms with E-state index in [9.17, 15) is 36.5 Å². The number of nitrogens with zero attached hydrogens (tertiary/aromatic N) is 4. The number of nitro groups is 1. The second kappa shape index (κ2) is 12.2. The highest BCUT2D eigenvalue weighted by Gasteiger charge is 2.39. The van der Waals surface area contributed by atoms with Crippen LogP contribution >= 0.6 is 12.2 Å². The Bertz CT molecular complexity index is 1190. The summed E-state index contributed by atoms with van der Waals surface area (Å²) in [4.78, 5) is 18.4. The fraction of sp³-hybridized carbons (Fsp3) is 0.520. The number of nitrogens with two attached hydrogens (primary N) is 1. The lowest BCUT2D eigenvalue weighted by Gasteiger charge is -2.37. The number of ether oxygens (including phenoxy) is 1. The van der Waals surface area contributed by atoms with Gasteiger partial charge in [0.05, 0.1) is 29.2 Å². The van der Waals surface area contributed by atoms with Gasteiger partial charge in [0.2, 0.25) is 0 Å². The number of anilines is 1. The molecule has 0 unspecified atom stereocenters. The zero-order valence-electron chi connectivity index (χ0n) is 21.2. The van der Waals surface area contributed by atoms with Crippen LogP contribution in [0, 0.1) is 10.1 Å². The van der Waals surface area contributed by atoms with E-state index >= 15 is 0 Å². The first-order chi connectivity index (χ1) is 18.8. The third kappa shape index (κ3) is 7.57. The van der Waals surface area contributed by atoms with E-state index in [4.69, 9.17) is 17.0 Å². The average Bonchev–Trinajstić information content (AvgIpc) is 2.91. The molecule has 0 amide bonds. The molecule has 2 N–H and O–H groups in total. The molecule has 40 heavy (non-hydrogen) atoms. The van der Waals surface area contributed by atoms with Crippen molar-refractivity contribution in [3.8, 4) is 0 Å². The summed E-state index contributed by atoms with van der Waals surface area (Å²) in [5, 5.41) is 12.7. The van der Waals surface area contributed by atoms with Crippen LogP contribution in [0.5, 0.6) is 0 Å². The van der Waals surface area contributed by atoms with Gasteiger partial charge >= 0.3 is 12.4 Å². The fourth-order valence-corrected chi connectivity index (χ4v) is 5.19. The first kappa shape index (κ1) is 29.9. The van der Waals surface area contributed by atoms with E-state index < -0.39 is 34.1 Å². The monoisotopic (exact) mass is 592 g/mol. The number of pyridine rings is 1. The van der Waals surface area contributed by atoms with Crippen LogP contribution in [0.3, 0.4) is 0 Å². The van der Waals surface area contributed by atoms with E-state index in [0.29, 0.717) is 68.4 Å². The van der Waals surface area contributed by atoms with Gasteiger partial charge in [-0.15, -0.1) is 0 Å². The van der Waals surface area contributed by atoms with E-state index in [2.05, 4.69) is 4.98 Å². The van der Waals surface area contributed by atoms with Gasteiger partial charge in [0.15, 0.2) is 0 Å². The second-order valence-electron chi connectivity index (χ2n) is 9.82. The first-order valence-corrected chi connectivity index (χ1v) is 13.1. The lowest BCUT2D eigenvalue weighted by molar-refractivity contribution is -0.615. The molecule has 0 bridgehead atoms. The standard InChI is InChI=1S/C25H27F6N5O3S/c26-24(27,28)16-1-8-22(32-14-16)34-9-11-35(12-10-34)23(40)15-39-19-5-2-17(3-6-19)33-18-4-7-21(36(37)38)20(13-18)25(29,30)31/h1,4,7-8,13-14,17,19,33H,2-3,5-6,9-12,15H2/p+1. The molecule has 2 aliphatic rings. The topological polar surface area (TPSA) is 88.3 Å². The zero-order valence-corrected chi connectivity index (χ0v) is 22.1. The van der Waals surface area contributed by atoms with E-state index in [1.165, 1.54) is 12.1 Å². The van der Waals surface area contributed by atoms with Gasteiger partial charge in [0.25, 0.3) is 5.69 Å². The van der Waals surface area contributed by atoms with E-state index in [-0.39, 0.29) is 18.8 Å². The number of alkyl halides is 6. The minimum Gasteiger partial charge on any atom is -0.371 e. The van der Waals surface area contributed by atoms with Gasteiger partial charge in [-0.2, -0.15) is 26.3 Å². The van der Waals surface area contributed by atoms with Crippen molar-refractivity contribution >= 4 is 34.4 Å². The number of halogens is 6. The van der Waals surface area contributed by atoms with Crippen LogP contribution in [-0.2, 0) is 17.1 Å². The molecule has 2 heterocycles. The lowest BCUT2D eigenvalue weighted by Crippen LogP contribution is -2.85. The largest absolute Gasteiger partial charge is 0.423 e. The average molecular weight is 593 g/mol. The van der Waals surface area contributed by atoms with Crippen LogP contribution in [-0.4, -0.2) is 64.7 Å². The summed E-state index contributed by atoms with van der Waals surface area (Å²) in [6.07, 6.45) is -5.64. The van der Waals surface area contributed by atoms with E-state index in [1.807, 2.05) is 9.80 Å². The number of hydrogen-bond acceptors (Lipinski definition) is 6. The van der Waals surface area contributed by atoms with Crippen LogP contribution in [0.4, 0.5) is 43.5 Å². The van der Waals surface area contributed by atoms with Crippen molar-refractivity contribution in [1.29, 1.82) is 0 Å². The van der Waals surface area contributed by atoms with Gasteiger partial charge in [0, 0.05) is 63.4 Å². The highest BCUT2D eigenvalue weighted by Crippen LogP contribution is 2.37. The first-order valence-electron chi connectivity index (χ1n) is 12.7. The molecular weight excluding hydrogens is 564 g/mol. The highest BCUT2D eigenvalue weighted by atomic mass is 32.1. The van der Waals surface area contributed by atoms with Crippen LogP contribution in [0.25, 0.3) is 0 Å². The highest BCUT2D eigenvalue weighted by molar-refractivity contribution is 7.80. The molecule has 0 spiro atoms. The van der Waals surface area contributed by atoms with Gasteiger partial charge in [0.1, 0.15) is 22.1 Å². The molecule has 1 aromatic carbocycles. The summed E-state index contributed by atoms with van der Waals surface area (Å²) in [5.41, 5.74) is -2.71. The number of nitro benzene ring substituents is 1. The molecule has 4 rings (SSSR count). The van der Waals surface area contributed by atoms with E-state index in [0.717, 1.165) is 24.4 Å². The molecule has 1 aromatic heterocycles. The smallest absolute Gasteiger partial charge is 0.371 e. The maximum absolute atomic E-state index is 13.3. The molecule has 2 fully saturated rings. The molecule has 15 heteroatoms. The molecule has 1 aliphatic heterocycles. The Balaban J connectivity index is 1.19. The summed E-state index contributed by atoms with van der Waals surface area (Å²) < 4.78 is 84.1. The summed E-state index contributed by atoms with van der Waals surface area (Å²) >= 11 is 5.53. The van der Waals surface area contributed by atoms with Crippen molar-refractivity contribution < 1.29 is 41.3 Å². The summed E-state index contributed by atoms with van der Waals surface area (Å²) in [6.45, 7) is 2.53. The molecule has 1 saturated heterocycles. The quantitative estimate of drug-likeness (QED) is 0.164. The maximum Gasteiger partial charge on any atom is 0.423 e. The molecule has 0 atom stereocenters. The number of rotatable bonds is 7. The predicted octanol–water partition coefficient (Wildman–Crippen LogP) is 4.70. The molecular formula is C25H28F6N5O3S+. The van der Waals surface area contributed by atoms with Crippen molar-refractivity contribution in [3.05, 3.63) is 57.8 Å². The molecule has 2 aromatic rings. The fourth-order valence-electron chi connectivity index (χ4n) is 4.94. The molecule has 1 aliphatic carbocycles. The van der Waals surface area contributed by atoms with Gasteiger partial charge in [-0.05, 0) is 25.0 Å². The Kier molecular flexibility index (Phi) is 9.15. The number of thiocarbonyl (C=S) groups is 1. The minimum absolute atomic E-state index is 0.0289. The molecule has 8 nitrogen and oxygen atoms in total. The Hall–Kier alpha value is -3.04. The molecule has 218 valence electrons. The SMILES string of the molecule is O=[N+]([O-])c1ccc([NH2+]C2CCC(OCC(=S)N3CCN(c4ccc(C(F)(F)F)cn4)CC3)CC2)cc1C(F)(F)F. The Labute approximate surface area is 231 Å². The van der Waals surface area contributed by atoms with Crippen molar-refractivity contribution in [3.63, 3.8) is 0 Å². The van der Waals surface area contributed by atoms with E-state index in [1.54, 1.807) is 5.32 Å². The number of piperazine rings is 1. The number of benzene rings is 1. The van der Waals surface area contributed by atoms with Crippen molar-refractivity contribution in [1.82, 2.24) is 9.88 Å². The molecule has 0 radical (unpaired) electrons. The minimum atomic E-state index is -4.82. The maximum atomic E-state index is 13.3. The van der Waals surface area contributed by atoms with Crippen molar-refractivity contribution in [2.24, 2.45) is 0 Å². The molecule has 1 saturated carbocycles. The van der Waals surface area contributed by atoms with Crippen LogP contribution < -0.4 is 10.2 Å². The second-order valence-corrected chi connectivity index (χ2v) is 10.3. The lowest BCUT2D eigenvalue weighted by atomic mass is 9.92. The van der Waals surface area contributed by atoms with Crippen LogP contribution in [0.15, 0.2) is 36.5 Å². The van der Waals surface area contributed by atoms with Crippen LogP contribution in [0.1, 0.15) is 36.8 Å². The third-order valence-electron chi connectivity index (χ3n) is 7.14.